The van der Waals surface area contributed by atoms with Gasteiger partial charge in [0, 0.05) is 25.7 Å². The SMILES string of the molecule is CCn1nc(C)c(N)c1N1CCC2C(CCCN2C)C1. The minimum absolute atomic E-state index is 0.764. The summed E-state index contributed by atoms with van der Waals surface area (Å²) < 4.78 is 2.07. The van der Waals surface area contributed by atoms with Crippen molar-refractivity contribution < 1.29 is 0 Å². The number of anilines is 2. The predicted octanol–water partition coefficient (Wildman–Crippen LogP) is 1.71. The van der Waals surface area contributed by atoms with Crippen LogP contribution in [0.5, 0.6) is 0 Å². The molecule has 2 unspecified atom stereocenters. The molecule has 2 fully saturated rings. The van der Waals surface area contributed by atoms with E-state index in [1.807, 2.05) is 6.92 Å². The first-order valence-electron chi connectivity index (χ1n) is 7.90. The van der Waals surface area contributed by atoms with Crippen molar-refractivity contribution in [2.75, 3.05) is 37.3 Å². The van der Waals surface area contributed by atoms with Crippen LogP contribution in [-0.4, -0.2) is 47.4 Å². The van der Waals surface area contributed by atoms with Gasteiger partial charge in [-0.1, -0.05) is 0 Å². The first kappa shape index (κ1) is 13.7. The van der Waals surface area contributed by atoms with Crippen molar-refractivity contribution in [1.29, 1.82) is 0 Å². The predicted molar refractivity (Wildman–Crippen MR) is 83.0 cm³/mol. The van der Waals surface area contributed by atoms with Crippen LogP contribution in [0, 0.1) is 12.8 Å². The van der Waals surface area contributed by atoms with Crippen molar-refractivity contribution in [3.8, 4) is 0 Å². The van der Waals surface area contributed by atoms with Crippen LogP contribution in [0.4, 0.5) is 11.5 Å². The molecule has 2 N–H and O–H groups in total. The Hall–Kier alpha value is -1.23. The second-order valence-corrected chi connectivity index (χ2v) is 6.32. The van der Waals surface area contributed by atoms with Gasteiger partial charge in [-0.3, -0.25) is 0 Å². The van der Waals surface area contributed by atoms with Crippen molar-refractivity contribution in [1.82, 2.24) is 14.7 Å². The van der Waals surface area contributed by atoms with E-state index in [2.05, 4.69) is 33.6 Å². The second-order valence-electron chi connectivity index (χ2n) is 6.32. The number of nitrogens with two attached hydrogens (primary N) is 1. The lowest BCUT2D eigenvalue weighted by Gasteiger charge is -2.46. The average molecular weight is 277 g/mol. The number of rotatable bonds is 2. The van der Waals surface area contributed by atoms with Gasteiger partial charge in [0.25, 0.3) is 0 Å². The minimum atomic E-state index is 0.764. The maximum Gasteiger partial charge on any atom is 0.150 e. The third kappa shape index (κ3) is 2.18. The fourth-order valence-electron chi connectivity index (χ4n) is 3.98. The van der Waals surface area contributed by atoms with Gasteiger partial charge in [-0.15, -0.1) is 0 Å². The molecule has 0 radical (unpaired) electrons. The Kier molecular flexibility index (Phi) is 3.63. The smallest absolute Gasteiger partial charge is 0.150 e. The summed E-state index contributed by atoms with van der Waals surface area (Å²) >= 11 is 0. The summed E-state index contributed by atoms with van der Waals surface area (Å²) in [5, 5.41) is 4.56. The van der Waals surface area contributed by atoms with Crippen LogP contribution in [0.2, 0.25) is 0 Å². The number of piperidine rings is 2. The summed E-state index contributed by atoms with van der Waals surface area (Å²) in [6.45, 7) is 8.51. The van der Waals surface area contributed by atoms with Crippen molar-refractivity contribution in [2.45, 2.75) is 45.7 Å². The number of fused-ring (bicyclic) bond motifs is 1. The number of nitrogens with zero attached hydrogens (tertiary/aromatic N) is 4. The molecule has 2 aliphatic heterocycles. The van der Waals surface area contributed by atoms with E-state index in [0.29, 0.717) is 0 Å². The summed E-state index contributed by atoms with van der Waals surface area (Å²) in [5.74, 6) is 1.93. The van der Waals surface area contributed by atoms with E-state index in [1.165, 1.54) is 25.8 Å². The van der Waals surface area contributed by atoms with Crippen molar-refractivity contribution >= 4 is 11.5 Å². The molecule has 0 spiro atoms. The fraction of sp³-hybridized carbons (Fsp3) is 0.800. The third-order valence-corrected chi connectivity index (χ3v) is 5.09. The highest BCUT2D eigenvalue weighted by Crippen LogP contribution is 2.34. The molecule has 2 atom stereocenters. The molecule has 0 aliphatic carbocycles. The van der Waals surface area contributed by atoms with E-state index in [0.717, 1.165) is 48.8 Å². The van der Waals surface area contributed by atoms with Gasteiger partial charge in [0.15, 0.2) is 5.82 Å². The Morgan fingerprint density at radius 2 is 2.10 bits per heavy atom. The highest BCUT2D eigenvalue weighted by Gasteiger charge is 2.35. The number of nitrogen functional groups attached to an aromatic ring is 1. The molecule has 3 heterocycles. The van der Waals surface area contributed by atoms with Crippen LogP contribution in [0.25, 0.3) is 0 Å². The normalized spacial score (nSPS) is 27.6. The maximum atomic E-state index is 6.27. The lowest BCUT2D eigenvalue weighted by Crippen LogP contribution is -2.53. The molecular weight excluding hydrogens is 250 g/mol. The van der Waals surface area contributed by atoms with Crippen molar-refractivity contribution in [2.24, 2.45) is 5.92 Å². The Morgan fingerprint density at radius 1 is 1.30 bits per heavy atom. The zero-order valence-corrected chi connectivity index (χ0v) is 13.0. The first-order chi connectivity index (χ1) is 9.61. The van der Waals surface area contributed by atoms with Gasteiger partial charge < -0.3 is 15.5 Å². The van der Waals surface area contributed by atoms with E-state index in [9.17, 15) is 0 Å². The number of aryl methyl sites for hydroxylation is 2. The lowest BCUT2D eigenvalue weighted by atomic mass is 9.84. The van der Waals surface area contributed by atoms with Gasteiger partial charge in [-0.25, -0.2) is 4.68 Å². The highest BCUT2D eigenvalue weighted by molar-refractivity contribution is 5.66. The lowest BCUT2D eigenvalue weighted by molar-refractivity contribution is 0.102. The summed E-state index contributed by atoms with van der Waals surface area (Å²) in [4.78, 5) is 5.02. The van der Waals surface area contributed by atoms with Gasteiger partial charge in [0.05, 0.1) is 11.4 Å². The molecule has 0 bridgehead atoms. The van der Waals surface area contributed by atoms with Crippen LogP contribution in [0.1, 0.15) is 31.9 Å². The highest BCUT2D eigenvalue weighted by atomic mass is 15.4. The third-order valence-electron chi connectivity index (χ3n) is 5.09. The molecule has 0 aromatic carbocycles. The molecule has 2 saturated heterocycles. The average Bonchev–Trinajstić information content (AvgIpc) is 2.74. The summed E-state index contributed by atoms with van der Waals surface area (Å²) in [7, 11) is 2.28. The number of hydrogen-bond acceptors (Lipinski definition) is 4. The monoisotopic (exact) mass is 277 g/mol. The molecular formula is C15H27N5. The van der Waals surface area contributed by atoms with Gasteiger partial charge in [0.1, 0.15) is 0 Å². The van der Waals surface area contributed by atoms with E-state index < -0.39 is 0 Å². The van der Waals surface area contributed by atoms with E-state index in [4.69, 9.17) is 5.73 Å². The second kappa shape index (κ2) is 5.28. The zero-order chi connectivity index (χ0) is 14.3. The van der Waals surface area contributed by atoms with Crippen LogP contribution in [0.15, 0.2) is 0 Å². The molecule has 20 heavy (non-hydrogen) atoms. The number of aromatic nitrogens is 2. The molecule has 3 rings (SSSR count). The Balaban J connectivity index is 1.83. The zero-order valence-electron chi connectivity index (χ0n) is 13.0. The Bertz CT molecular complexity index is 481. The van der Waals surface area contributed by atoms with Crippen LogP contribution < -0.4 is 10.6 Å². The fourth-order valence-corrected chi connectivity index (χ4v) is 3.98. The summed E-state index contributed by atoms with van der Waals surface area (Å²) in [5.41, 5.74) is 8.10. The van der Waals surface area contributed by atoms with Crippen LogP contribution in [0.3, 0.4) is 0 Å². The van der Waals surface area contributed by atoms with Crippen LogP contribution in [-0.2, 0) is 6.54 Å². The molecule has 5 nitrogen and oxygen atoms in total. The molecule has 112 valence electrons. The standard InChI is InChI=1S/C15H27N5/c1-4-20-15(14(16)11(2)17-20)19-9-7-13-12(10-19)6-5-8-18(13)3/h12-13H,4-10,16H2,1-3H3. The van der Waals surface area contributed by atoms with Crippen molar-refractivity contribution in [3.05, 3.63) is 5.69 Å². The first-order valence-corrected chi connectivity index (χ1v) is 7.90. The van der Waals surface area contributed by atoms with Gasteiger partial charge in [-0.2, -0.15) is 5.10 Å². The van der Waals surface area contributed by atoms with Crippen LogP contribution >= 0.6 is 0 Å². The summed E-state index contributed by atoms with van der Waals surface area (Å²) in [6, 6.07) is 0.764. The Morgan fingerprint density at radius 3 is 2.85 bits per heavy atom. The summed E-state index contributed by atoms with van der Waals surface area (Å²) in [6.07, 6.45) is 3.92. The van der Waals surface area contributed by atoms with E-state index >= 15 is 0 Å². The van der Waals surface area contributed by atoms with Gasteiger partial charge >= 0.3 is 0 Å². The van der Waals surface area contributed by atoms with Gasteiger partial charge in [0.2, 0.25) is 0 Å². The number of hydrogen-bond donors (Lipinski definition) is 1. The van der Waals surface area contributed by atoms with E-state index in [-0.39, 0.29) is 0 Å². The van der Waals surface area contributed by atoms with Gasteiger partial charge in [-0.05, 0) is 52.6 Å². The van der Waals surface area contributed by atoms with Crippen molar-refractivity contribution in [3.63, 3.8) is 0 Å². The van der Waals surface area contributed by atoms with E-state index in [1.54, 1.807) is 0 Å². The molecule has 5 heteroatoms. The minimum Gasteiger partial charge on any atom is -0.394 e. The Labute approximate surface area is 121 Å². The molecule has 1 aromatic rings. The topological polar surface area (TPSA) is 50.3 Å². The number of likely N-dealkylation sites (tertiary alicyclic amines) is 1. The molecule has 0 saturated carbocycles. The molecule has 1 aromatic heterocycles. The molecule has 0 amide bonds. The largest absolute Gasteiger partial charge is 0.394 e. The maximum absolute atomic E-state index is 6.27. The molecule has 2 aliphatic rings. The quantitative estimate of drug-likeness (QED) is 0.894.